The van der Waals surface area contributed by atoms with Crippen LogP contribution in [0.1, 0.15) is 26.2 Å². The van der Waals surface area contributed by atoms with Crippen molar-refractivity contribution in [2.75, 3.05) is 6.54 Å². The van der Waals surface area contributed by atoms with Gasteiger partial charge in [-0.25, -0.2) is 0 Å². The Bertz CT molecular complexity index is 52.5. The van der Waals surface area contributed by atoms with Crippen LogP contribution in [0.3, 0.4) is 0 Å². The molecular weight excluding hydrogens is 100 g/mol. The highest BCUT2D eigenvalue weighted by atomic mass is 15.3. The van der Waals surface area contributed by atoms with Gasteiger partial charge in [0.05, 0.1) is 0 Å². The monoisotopic (exact) mass is 114 g/mol. The van der Waals surface area contributed by atoms with Crippen LogP contribution in [0.5, 0.6) is 0 Å². The second-order valence-corrected chi connectivity index (χ2v) is 1.77. The summed E-state index contributed by atoms with van der Waals surface area (Å²) in [5.41, 5.74) is 2.80. The summed E-state index contributed by atoms with van der Waals surface area (Å²) in [7, 11) is 0. The Balaban J connectivity index is 2.62. The number of nitrogens with zero attached hydrogens (tertiary/aromatic N) is 1. The standard InChI is InChI=1S/C6H14N2/c1-3-4-5-6-8-7-2/h8H,2-6H2,1H3. The first-order valence-corrected chi connectivity index (χ1v) is 3.10. The third-order valence-electron chi connectivity index (χ3n) is 1.00. The van der Waals surface area contributed by atoms with E-state index in [1.807, 2.05) is 0 Å². The van der Waals surface area contributed by atoms with Crippen LogP contribution in [0.2, 0.25) is 0 Å². The van der Waals surface area contributed by atoms with Crippen LogP contribution in [0.15, 0.2) is 5.10 Å². The highest BCUT2D eigenvalue weighted by molar-refractivity contribution is 5.22. The summed E-state index contributed by atoms with van der Waals surface area (Å²) in [5.74, 6) is 0. The van der Waals surface area contributed by atoms with Gasteiger partial charge in [-0.3, -0.25) is 0 Å². The van der Waals surface area contributed by atoms with Crippen LogP contribution in [-0.4, -0.2) is 13.3 Å². The number of unbranched alkanes of at least 4 members (excludes halogenated alkanes) is 2. The van der Waals surface area contributed by atoms with E-state index in [0.29, 0.717) is 0 Å². The molecule has 0 rings (SSSR count). The molecule has 0 spiro atoms. The quantitative estimate of drug-likeness (QED) is 0.326. The molecule has 0 aliphatic heterocycles. The molecule has 2 heteroatoms. The normalized spacial score (nSPS) is 8.62. The zero-order chi connectivity index (χ0) is 6.24. The minimum Gasteiger partial charge on any atom is -0.311 e. The van der Waals surface area contributed by atoms with Gasteiger partial charge in [-0.05, 0) is 6.42 Å². The van der Waals surface area contributed by atoms with Gasteiger partial charge in [-0.2, -0.15) is 5.10 Å². The van der Waals surface area contributed by atoms with Gasteiger partial charge in [0, 0.05) is 13.3 Å². The zero-order valence-electron chi connectivity index (χ0n) is 5.48. The van der Waals surface area contributed by atoms with Crippen molar-refractivity contribution in [3.8, 4) is 0 Å². The molecular formula is C6H14N2. The molecule has 0 aromatic heterocycles. The molecule has 0 fully saturated rings. The van der Waals surface area contributed by atoms with E-state index in [4.69, 9.17) is 0 Å². The van der Waals surface area contributed by atoms with E-state index >= 15 is 0 Å². The Kier molecular flexibility index (Phi) is 6.04. The summed E-state index contributed by atoms with van der Waals surface area (Å²) in [5, 5.41) is 3.51. The summed E-state index contributed by atoms with van der Waals surface area (Å²) in [4.78, 5) is 0. The van der Waals surface area contributed by atoms with Crippen molar-refractivity contribution in [2.24, 2.45) is 5.10 Å². The van der Waals surface area contributed by atoms with E-state index in [9.17, 15) is 0 Å². The molecule has 0 aliphatic carbocycles. The van der Waals surface area contributed by atoms with Crippen molar-refractivity contribution in [3.63, 3.8) is 0 Å². The van der Waals surface area contributed by atoms with Crippen LogP contribution in [0.25, 0.3) is 0 Å². The average molecular weight is 114 g/mol. The predicted molar refractivity (Wildman–Crippen MR) is 37.1 cm³/mol. The molecule has 0 radical (unpaired) electrons. The molecule has 2 nitrogen and oxygen atoms in total. The SMILES string of the molecule is C=NNCCCCC. The fourth-order valence-corrected chi connectivity index (χ4v) is 0.533. The summed E-state index contributed by atoms with van der Waals surface area (Å²) in [6.45, 7) is 6.45. The van der Waals surface area contributed by atoms with Crippen LogP contribution < -0.4 is 5.43 Å². The average Bonchev–Trinajstić information content (AvgIpc) is 1.81. The van der Waals surface area contributed by atoms with Gasteiger partial charge in [0.25, 0.3) is 0 Å². The summed E-state index contributed by atoms with van der Waals surface area (Å²) < 4.78 is 0. The molecule has 0 aliphatic rings. The van der Waals surface area contributed by atoms with E-state index in [1.165, 1.54) is 19.3 Å². The largest absolute Gasteiger partial charge is 0.311 e. The van der Waals surface area contributed by atoms with Gasteiger partial charge in [-0.1, -0.05) is 19.8 Å². The van der Waals surface area contributed by atoms with Gasteiger partial charge in [0.1, 0.15) is 0 Å². The van der Waals surface area contributed by atoms with Gasteiger partial charge in [0.15, 0.2) is 0 Å². The fraction of sp³-hybridized carbons (Fsp3) is 0.833. The third-order valence-corrected chi connectivity index (χ3v) is 1.00. The van der Waals surface area contributed by atoms with Crippen LogP contribution in [-0.2, 0) is 0 Å². The third kappa shape index (κ3) is 5.47. The number of hydrogen-bond acceptors (Lipinski definition) is 2. The molecule has 48 valence electrons. The number of nitrogens with one attached hydrogen (secondary N) is 1. The summed E-state index contributed by atoms with van der Waals surface area (Å²) >= 11 is 0. The predicted octanol–water partition coefficient (Wildman–Crippen LogP) is 1.38. The van der Waals surface area contributed by atoms with Crippen molar-refractivity contribution in [1.82, 2.24) is 5.43 Å². The highest BCUT2D eigenvalue weighted by Crippen LogP contribution is 1.90. The first-order valence-electron chi connectivity index (χ1n) is 3.10. The molecule has 8 heavy (non-hydrogen) atoms. The van der Waals surface area contributed by atoms with Crippen molar-refractivity contribution < 1.29 is 0 Å². The maximum atomic E-state index is 3.51. The molecule has 0 aromatic carbocycles. The van der Waals surface area contributed by atoms with Crippen molar-refractivity contribution in [3.05, 3.63) is 0 Å². The lowest BCUT2D eigenvalue weighted by molar-refractivity contribution is 0.642. The van der Waals surface area contributed by atoms with Gasteiger partial charge in [0.2, 0.25) is 0 Å². The highest BCUT2D eigenvalue weighted by Gasteiger charge is 1.80. The number of hydrazone groups is 1. The number of hydrogen-bond donors (Lipinski definition) is 1. The van der Waals surface area contributed by atoms with E-state index in [2.05, 4.69) is 24.2 Å². The Hall–Kier alpha value is -0.530. The van der Waals surface area contributed by atoms with Crippen LogP contribution >= 0.6 is 0 Å². The Labute approximate surface area is 51.0 Å². The molecule has 0 unspecified atom stereocenters. The fourth-order valence-electron chi connectivity index (χ4n) is 0.533. The molecule has 0 amide bonds. The number of rotatable bonds is 5. The summed E-state index contributed by atoms with van der Waals surface area (Å²) in [6, 6.07) is 0. The Morgan fingerprint density at radius 1 is 1.50 bits per heavy atom. The molecule has 0 aromatic rings. The molecule has 0 heterocycles. The minimum absolute atomic E-state index is 0.970. The topological polar surface area (TPSA) is 24.4 Å². The van der Waals surface area contributed by atoms with Crippen molar-refractivity contribution in [1.29, 1.82) is 0 Å². The Morgan fingerprint density at radius 2 is 2.25 bits per heavy atom. The molecule has 0 bridgehead atoms. The second-order valence-electron chi connectivity index (χ2n) is 1.77. The maximum absolute atomic E-state index is 3.51. The Morgan fingerprint density at radius 3 is 2.75 bits per heavy atom. The van der Waals surface area contributed by atoms with Crippen molar-refractivity contribution >= 4 is 6.72 Å². The van der Waals surface area contributed by atoms with E-state index in [0.717, 1.165) is 6.54 Å². The van der Waals surface area contributed by atoms with Gasteiger partial charge >= 0.3 is 0 Å². The molecule has 0 atom stereocenters. The minimum atomic E-state index is 0.970. The maximum Gasteiger partial charge on any atom is 0.0329 e. The van der Waals surface area contributed by atoms with Gasteiger partial charge in [-0.15, -0.1) is 0 Å². The first kappa shape index (κ1) is 7.47. The van der Waals surface area contributed by atoms with Crippen LogP contribution in [0.4, 0.5) is 0 Å². The lowest BCUT2D eigenvalue weighted by Gasteiger charge is -1.95. The summed E-state index contributed by atoms with van der Waals surface area (Å²) in [6.07, 6.45) is 3.75. The first-order chi connectivity index (χ1) is 3.91. The van der Waals surface area contributed by atoms with Crippen molar-refractivity contribution in [2.45, 2.75) is 26.2 Å². The molecule has 0 saturated carbocycles. The zero-order valence-corrected chi connectivity index (χ0v) is 5.48. The van der Waals surface area contributed by atoms with E-state index < -0.39 is 0 Å². The van der Waals surface area contributed by atoms with Gasteiger partial charge < -0.3 is 5.43 Å². The lowest BCUT2D eigenvalue weighted by Crippen LogP contribution is -2.05. The molecule has 1 N–H and O–H groups in total. The second kappa shape index (κ2) is 6.47. The van der Waals surface area contributed by atoms with Crippen LogP contribution in [0, 0.1) is 0 Å². The molecule has 0 saturated heterocycles. The van der Waals surface area contributed by atoms with E-state index in [1.54, 1.807) is 0 Å². The lowest BCUT2D eigenvalue weighted by atomic mass is 10.3. The van der Waals surface area contributed by atoms with E-state index in [-0.39, 0.29) is 0 Å². The smallest absolute Gasteiger partial charge is 0.0329 e.